The molecular weight excluding hydrogens is 456 g/mol. The number of piperazine rings is 1. The average Bonchev–Trinajstić information content (AvgIpc) is 2.79. The fraction of sp³-hybridized carbons (Fsp3) is 0.360. The van der Waals surface area contributed by atoms with Crippen LogP contribution in [-0.2, 0) is 10.0 Å². The molecule has 3 aromatic rings. The van der Waals surface area contributed by atoms with Crippen LogP contribution >= 0.6 is 11.6 Å². The maximum absolute atomic E-state index is 13.1. The number of aromatic nitrogens is 2. The Labute approximate surface area is 201 Å². The molecule has 0 N–H and O–H groups in total. The summed E-state index contributed by atoms with van der Waals surface area (Å²) < 4.78 is 27.7. The quantitative estimate of drug-likeness (QED) is 0.507. The number of sulfonamides is 1. The van der Waals surface area contributed by atoms with Gasteiger partial charge in [0.2, 0.25) is 10.0 Å². The highest BCUT2D eigenvalue weighted by atomic mass is 35.5. The Kier molecular flexibility index (Phi) is 6.75. The van der Waals surface area contributed by atoms with Crippen molar-refractivity contribution in [3.05, 3.63) is 70.4 Å². The summed E-state index contributed by atoms with van der Waals surface area (Å²) in [7, 11) is -3.56. The van der Waals surface area contributed by atoms with Gasteiger partial charge < -0.3 is 4.90 Å². The molecule has 0 spiro atoms. The third-order valence-corrected chi connectivity index (χ3v) is 8.16. The zero-order valence-electron chi connectivity index (χ0n) is 19.4. The van der Waals surface area contributed by atoms with Gasteiger partial charge in [0.1, 0.15) is 5.82 Å². The fourth-order valence-electron chi connectivity index (χ4n) is 4.21. The van der Waals surface area contributed by atoms with E-state index in [9.17, 15) is 8.42 Å². The lowest BCUT2D eigenvalue weighted by Crippen LogP contribution is -2.49. The van der Waals surface area contributed by atoms with Crippen LogP contribution in [0.2, 0.25) is 5.02 Å². The lowest BCUT2D eigenvalue weighted by atomic mass is 10.0. The van der Waals surface area contributed by atoms with Crippen molar-refractivity contribution in [2.24, 2.45) is 0 Å². The van der Waals surface area contributed by atoms with Crippen LogP contribution in [0.15, 0.2) is 53.4 Å². The minimum atomic E-state index is -3.56. The first kappa shape index (κ1) is 23.7. The molecule has 1 aromatic heterocycles. The van der Waals surface area contributed by atoms with E-state index in [4.69, 9.17) is 21.6 Å². The maximum atomic E-state index is 13.1. The zero-order valence-corrected chi connectivity index (χ0v) is 21.0. The highest BCUT2D eigenvalue weighted by Crippen LogP contribution is 2.32. The second-order valence-corrected chi connectivity index (χ2v) is 11.1. The van der Waals surface area contributed by atoms with Crippen molar-refractivity contribution in [3.63, 3.8) is 0 Å². The lowest BCUT2D eigenvalue weighted by Gasteiger charge is -2.36. The summed E-state index contributed by atoms with van der Waals surface area (Å²) in [5.41, 5.74) is 4.23. The fourth-order valence-corrected chi connectivity index (χ4v) is 5.76. The second kappa shape index (κ2) is 9.41. The molecule has 0 bridgehead atoms. The number of hydrogen-bond donors (Lipinski definition) is 0. The van der Waals surface area contributed by atoms with Crippen LogP contribution in [0.1, 0.15) is 36.6 Å². The molecular formula is C25H29ClN4O2S. The van der Waals surface area contributed by atoms with Gasteiger partial charge in [0.25, 0.3) is 0 Å². The minimum Gasteiger partial charge on any atom is -0.354 e. The van der Waals surface area contributed by atoms with Gasteiger partial charge in [-0.15, -0.1) is 0 Å². The van der Waals surface area contributed by atoms with Gasteiger partial charge in [-0.05, 0) is 44.0 Å². The second-order valence-electron chi connectivity index (χ2n) is 8.74. The minimum absolute atomic E-state index is 0.253. The van der Waals surface area contributed by atoms with Crippen molar-refractivity contribution in [1.82, 2.24) is 14.3 Å². The summed E-state index contributed by atoms with van der Waals surface area (Å²) >= 11 is 5.93. The molecule has 2 heterocycles. The van der Waals surface area contributed by atoms with Crippen molar-refractivity contribution in [2.45, 2.75) is 38.5 Å². The smallest absolute Gasteiger partial charge is 0.243 e. The van der Waals surface area contributed by atoms with Crippen LogP contribution < -0.4 is 4.90 Å². The first-order valence-electron chi connectivity index (χ1n) is 11.1. The molecule has 0 amide bonds. The van der Waals surface area contributed by atoms with Gasteiger partial charge in [-0.3, -0.25) is 0 Å². The highest BCUT2D eigenvalue weighted by Gasteiger charge is 2.30. The number of aryl methyl sites for hydroxylation is 2. The third kappa shape index (κ3) is 4.90. The first-order valence-corrected chi connectivity index (χ1v) is 12.9. The maximum Gasteiger partial charge on any atom is 0.243 e. The number of anilines is 1. The molecule has 2 aromatic carbocycles. The molecule has 33 heavy (non-hydrogen) atoms. The molecule has 6 nitrogen and oxygen atoms in total. The van der Waals surface area contributed by atoms with Crippen LogP contribution in [0.25, 0.3) is 11.4 Å². The average molecular weight is 485 g/mol. The Morgan fingerprint density at radius 3 is 2.06 bits per heavy atom. The summed E-state index contributed by atoms with van der Waals surface area (Å²) in [6.45, 7) is 10.3. The van der Waals surface area contributed by atoms with Crippen LogP contribution in [0, 0.1) is 13.8 Å². The van der Waals surface area contributed by atoms with E-state index < -0.39 is 10.0 Å². The van der Waals surface area contributed by atoms with Crippen LogP contribution in [-0.4, -0.2) is 48.9 Å². The third-order valence-electron chi connectivity index (χ3n) is 5.99. The zero-order chi connectivity index (χ0) is 23.8. The standard InChI is InChI=1S/C25H29ClN4O2S/c1-17(2)23-19(4)27-24(20-7-5-18(3)6-8-20)28-25(23)29-13-15-30(16-14-29)33(31,32)22-11-9-21(26)10-12-22/h5-12,17H,13-16H2,1-4H3. The van der Waals surface area contributed by atoms with Crippen molar-refractivity contribution in [2.75, 3.05) is 31.1 Å². The number of halogens is 1. The van der Waals surface area contributed by atoms with Crippen molar-refractivity contribution < 1.29 is 8.42 Å². The monoisotopic (exact) mass is 484 g/mol. The van der Waals surface area contributed by atoms with E-state index in [2.05, 4.69) is 37.8 Å². The summed E-state index contributed by atoms with van der Waals surface area (Å²) in [5, 5.41) is 0.517. The van der Waals surface area contributed by atoms with Gasteiger partial charge in [0.15, 0.2) is 5.82 Å². The van der Waals surface area contributed by atoms with Crippen LogP contribution in [0.3, 0.4) is 0 Å². The summed E-state index contributed by atoms with van der Waals surface area (Å²) in [4.78, 5) is 12.2. The number of rotatable bonds is 5. The molecule has 0 saturated carbocycles. The van der Waals surface area contributed by atoms with Gasteiger partial charge in [0.05, 0.1) is 4.90 Å². The van der Waals surface area contributed by atoms with E-state index in [0.29, 0.717) is 37.0 Å². The van der Waals surface area contributed by atoms with E-state index in [0.717, 1.165) is 22.6 Å². The van der Waals surface area contributed by atoms with E-state index in [1.54, 1.807) is 24.3 Å². The van der Waals surface area contributed by atoms with Crippen molar-refractivity contribution >= 4 is 27.4 Å². The topological polar surface area (TPSA) is 66.4 Å². The molecule has 1 aliphatic heterocycles. The predicted molar refractivity (Wildman–Crippen MR) is 133 cm³/mol. The lowest BCUT2D eigenvalue weighted by molar-refractivity contribution is 0.383. The Morgan fingerprint density at radius 2 is 1.48 bits per heavy atom. The SMILES string of the molecule is Cc1ccc(-c2nc(C)c(C(C)C)c(N3CCN(S(=O)(=O)c4ccc(Cl)cc4)CC3)n2)cc1. The predicted octanol–water partition coefficient (Wildman–Crippen LogP) is 5.05. The van der Waals surface area contributed by atoms with E-state index >= 15 is 0 Å². The highest BCUT2D eigenvalue weighted by molar-refractivity contribution is 7.89. The molecule has 0 atom stereocenters. The molecule has 1 aliphatic rings. The Morgan fingerprint density at radius 1 is 0.879 bits per heavy atom. The largest absolute Gasteiger partial charge is 0.354 e. The normalized spacial score (nSPS) is 15.3. The van der Waals surface area contributed by atoms with E-state index in [-0.39, 0.29) is 10.8 Å². The number of hydrogen-bond acceptors (Lipinski definition) is 5. The molecule has 0 radical (unpaired) electrons. The molecule has 8 heteroatoms. The van der Waals surface area contributed by atoms with Gasteiger partial charge in [-0.1, -0.05) is 55.3 Å². The van der Waals surface area contributed by atoms with Crippen molar-refractivity contribution in [3.8, 4) is 11.4 Å². The molecule has 1 fully saturated rings. The molecule has 4 rings (SSSR count). The summed E-state index contributed by atoms with van der Waals surface area (Å²) in [6, 6.07) is 14.5. The Hall–Kier alpha value is -2.48. The van der Waals surface area contributed by atoms with E-state index in [1.807, 2.05) is 19.1 Å². The molecule has 174 valence electrons. The number of nitrogens with zero attached hydrogens (tertiary/aromatic N) is 4. The van der Waals surface area contributed by atoms with Crippen LogP contribution in [0.5, 0.6) is 0 Å². The summed E-state index contributed by atoms with van der Waals surface area (Å²) in [6.07, 6.45) is 0. The van der Waals surface area contributed by atoms with E-state index in [1.165, 1.54) is 9.87 Å². The van der Waals surface area contributed by atoms with Gasteiger partial charge in [0, 0.05) is 48.0 Å². The van der Waals surface area contributed by atoms with Gasteiger partial charge >= 0.3 is 0 Å². The van der Waals surface area contributed by atoms with Crippen LogP contribution in [0.4, 0.5) is 5.82 Å². The molecule has 0 aliphatic carbocycles. The molecule has 0 unspecified atom stereocenters. The first-order chi connectivity index (χ1) is 15.7. The summed E-state index contributed by atoms with van der Waals surface area (Å²) in [5.74, 6) is 1.85. The van der Waals surface area contributed by atoms with Gasteiger partial charge in [-0.25, -0.2) is 18.4 Å². The van der Waals surface area contributed by atoms with Crippen molar-refractivity contribution in [1.29, 1.82) is 0 Å². The Balaban J connectivity index is 1.62. The molecule has 1 saturated heterocycles. The number of benzene rings is 2. The van der Waals surface area contributed by atoms with Gasteiger partial charge in [-0.2, -0.15) is 4.31 Å². The Bertz CT molecular complexity index is 1230.